The van der Waals surface area contributed by atoms with Crippen LogP contribution in [0.3, 0.4) is 0 Å². The van der Waals surface area contributed by atoms with Crippen LogP contribution in [0.15, 0.2) is 12.1 Å². The molecule has 0 saturated heterocycles. The van der Waals surface area contributed by atoms with Gasteiger partial charge in [-0.25, -0.2) is 0 Å². The van der Waals surface area contributed by atoms with Crippen molar-refractivity contribution in [2.45, 2.75) is 26.8 Å². The second kappa shape index (κ2) is 5.57. The smallest absolute Gasteiger partial charge is 0.0414 e. The Balaban J connectivity index is 3.11. The van der Waals surface area contributed by atoms with Gasteiger partial charge in [-0.3, -0.25) is 0 Å². The maximum atomic E-state index is 3.40. The fourth-order valence-electron chi connectivity index (χ4n) is 2.22. The molecule has 1 rings (SSSR count). The summed E-state index contributed by atoms with van der Waals surface area (Å²) in [6.07, 6.45) is 2.16. The van der Waals surface area contributed by atoms with Crippen LogP contribution in [-0.4, -0.2) is 19.1 Å². The third-order valence-electron chi connectivity index (χ3n) is 2.77. The van der Waals surface area contributed by atoms with Gasteiger partial charge in [0.2, 0.25) is 0 Å². The molecule has 1 aromatic carbocycles. The summed E-state index contributed by atoms with van der Waals surface area (Å²) in [7, 11) is 2.04. The van der Waals surface area contributed by atoms with E-state index in [2.05, 4.69) is 44.5 Å². The van der Waals surface area contributed by atoms with E-state index in [0.29, 0.717) is 6.04 Å². The Hall–Kier alpha value is -0.470. The molecule has 15 heavy (non-hydrogen) atoms. The molecule has 0 aliphatic heterocycles. The quantitative estimate of drug-likeness (QED) is 0.841. The molecule has 0 amide bonds. The van der Waals surface area contributed by atoms with Gasteiger partial charge in [0.05, 0.1) is 0 Å². The Morgan fingerprint density at radius 3 is 2.13 bits per heavy atom. The van der Waals surface area contributed by atoms with E-state index in [1.54, 1.807) is 0 Å². The van der Waals surface area contributed by atoms with Gasteiger partial charge in [0, 0.05) is 11.8 Å². The summed E-state index contributed by atoms with van der Waals surface area (Å²) in [5.74, 6) is 1.13. The first-order chi connectivity index (χ1) is 7.10. The van der Waals surface area contributed by atoms with Gasteiger partial charge in [0.15, 0.2) is 0 Å². The fourth-order valence-corrected chi connectivity index (χ4v) is 2.89. The minimum atomic E-state index is 0.473. The lowest BCUT2D eigenvalue weighted by Gasteiger charge is -2.21. The molecule has 0 saturated carbocycles. The summed E-state index contributed by atoms with van der Waals surface area (Å²) in [6, 6.07) is 5.01. The number of benzene rings is 1. The second-order valence-corrected chi connectivity index (χ2v) is 5.02. The summed E-state index contributed by atoms with van der Waals surface area (Å²) in [6.45, 7) is 6.58. The Morgan fingerprint density at radius 2 is 1.73 bits per heavy atom. The maximum Gasteiger partial charge on any atom is 0.0414 e. The summed E-state index contributed by atoms with van der Waals surface area (Å²) in [5, 5.41) is 3.40. The number of aryl methyl sites for hydroxylation is 3. The molecule has 1 unspecified atom stereocenters. The Morgan fingerprint density at radius 1 is 1.20 bits per heavy atom. The minimum Gasteiger partial charge on any atom is -0.312 e. The topological polar surface area (TPSA) is 12.0 Å². The van der Waals surface area contributed by atoms with Crippen molar-refractivity contribution in [3.05, 3.63) is 34.4 Å². The minimum absolute atomic E-state index is 0.473. The molecular weight excluding hydrogens is 202 g/mol. The average Bonchev–Trinajstić information content (AvgIpc) is 2.14. The highest BCUT2D eigenvalue weighted by atomic mass is 32.2. The molecule has 1 nitrogen and oxygen atoms in total. The molecule has 1 N–H and O–H groups in total. The number of hydrogen-bond acceptors (Lipinski definition) is 2. The van der Waals surface area contributed by atoms with Gasteiger partial charge in [0.1, 0.15) is 0 Å². The molecule has 0 aromatic heterocycles. The first kappa shape index (κ1) is 12.6. The van der Waals surface area contributed by atoms with Crippen LogP contribution in [0.2, 0.25) is 0 Å². The van der Waals surface area contributed by atoms with Crippen molar-refractivity contribution in [1.29, 1.82) is 0 Å². The van der Waals surface area contributed by atoms with Crippen molar-refractivity contribution in [3.8, 4) is 0 Å². The third kappa shape index (κ3) is 2.99. The first-order valence-corrected chi connectivity index (χ1v) is 6.73. The zero-order valence-electron chi connectivity index (χ0n) is 10.3. The van der Waals surface area contributed by atoms with Crippen molar-refractivity contribution in [1.82, 2.24) is 5.32 Å². The molecule has 1 atom stereocenters. The molecule has 1 aromatic rings. The van der Waals surface area contributed by atoms with Gasteiger partial charge < -0.3 is 5.32 Å². The van der Waals surface area contributed by atoms with Crippen LogP contribution >= 0.6 is 11.8 Å². The van der Waals surface area contributed by atoms with Crippen LogP contribution in [0.5, 0.6) is 0 Å². The van der Waals surface area contributed by atoms with E-state index in [-0.39, 0.29) is 0 Å². The van der Waals surface area contributed by atoms with Crippen LogP contribution in [0.4, 0.5) is 0 Å². The van der Waals surface area contributed by atoms with E-state index in [9.17, 15) is 0 Å². The van der Waals surface area contributed by atoms with Gasteiger partial charge in [-0.1, -0.05) is 17.7 Å². The normalized spacial score (nSPS) is 12.9. The standard InChI is InChI=1S/C13H21NS/c1-9-6-10(2)13(11(3)7-9)12(14-4)8-15-5/h6-7,12,14H,8H2,1-5H3. The zero-order valence-corrected chi connectivity index (χ0v) is 11.2. The van der Waals surface area contributed by atoms with Gasteiger partial charge in [-0.15, -0.1) is 0 Å². The highest BCUT2D eigenvalue weighted by Crippen LogP contribution is 2.25. The van der Waals surface area contributed by atoms with Crippen LogP contribution in [0, 0.1) is 20.8 Å². The highest BCUT2D eigenvalue weighted by molar-refractivity contribution is 7.98. The monoisotopic (exact) mass is 223 g/mol. The number of thioether (sulfide) groups is 1. The predicted molar refractivity (Wildman–Crippen MR) is 70.8 cm³/mol. The number of nitrogens with one attached hydrogen (secondary N) is 1. The van der Waals surface area contributed by atoms with Crippen molar-refractivity contribution in [3.63, 3.8) is 0 Å². The zero-order chi connectivity index (χ0) is 11.4. The van der Waals surface area contributed by atoms with Crippen molar-refractivity contribution < 1.29 is 0 Å². The van der Waals surface area contributed by atoms with Crippen LogP contribution in [0.25, 0.3) is 0 Å². The fraction of sp³-hybridized carbons (Fsp3) is 0.538. The Bertz CT molecular complexity index is 310. The molecular formula is C13H21NS. The number of rotatable bonds is 4. The lowest BCUT2D eigenvalue weighted by molar-refractivity contribution is 0.654. The van der Waals surface area contributed by atoms with E-state index >= 15 is 0 Å². The van der Waals surface area contributed by atoms with Crippen molar-refractivity contribution in [2.24, 2.45) is 0 Å². The largest absolute Gasteiger partial charge is 0.312 e. The van der Waals surface area contributed by atoms with Gasteiger partial charge >= 0.3 is 0 Å². The van der Waals surface area contributed by atoms with Crippen LogP contribution < -0.4 is 5.32 Å². The maximum absolute atomic E-state index is 3.40. The lowest BCUT2D eigenvalue weighted by atomic mass is 9.95. The molecule has 0 spiro atoms. The number of hydrogen-bond donors (Lipinski definition) is 1. The van der Waals surface area contributed by atoms with E-state index in [1.807, 2.05) is 18.8 Å². The molecule has 0 aliphatic rings. The molecule has 0 fully saturated rings. The predicted octanol–water partition coefficient (Wildman–Crippen LogP) is 3.24. The summed E-state index contributed by atoms with van der Waals surface area (Å²) >= 11 is 1.89. The highest BCUT2D eigenvalue weighted by Gasteiger charge is 2.13. The summed E-state index contributed by atoms with van der Waals surface area (Å²) in [5.41, 5.74) is 5.63. The van der Waals surface area contributed by atoms with Gasteiger partial charge in [-0.05, 0) is 50.8 Å². The van der Waals surface area contributed by atoms with Gasteiger partial charge in [-0.2, -0.15) is 11.8 Å². The molecule has 84 valence electrons. The summed E-state index contributed by atoms with van der Waals surface area (Å²) in [4.78, 5) is 0. The van der Waals surface area contributed by atoms with Crippen LogP contribution in [-0.2, 0) is 0 Å². The van der Waals surface area contributed by atoms with E-state index in [4.69, 9.17) is 0 Å². The molecule has 0 aliphatic carbocycles. The summed E-state index contributed by atoms with van der Waals surface area (Å²) < 4.78 is 0. The van der Waals surface area contributed by atoms with Gasteiger partial charge in [0.25, 0.3) is 0 Å². The van der Waals surface area contributed by atoms with E-state index < -0.39 is 0 Å². The molecule has 0 bridgehead atoms. The third-order valence-corrected chi connectivity index (χ3v) is 3.43. The molecule has 2 heteroatoms. The average molecular weight is 223 g/mol. The second-order valence-electron chi connectivity index (χ2n) is 4.11. The van der Waals surface area contributed by atoms with Crippen LogP contribution in [0.1, 0.15) is 28.3 Å². The molecule has 0 heterocycles. The van der Waals surface area contributed by atoms with E-state index in [1.165, 1.54) is 22.3 Å². The van der Waals surface area contributed by atoms with Crippen molar-refractivity contribution in [2.75, 3.05) is 19.1 Å². The lowest BCUT2D eigenvalue weighted by Crippen LogP contribution is -2.20. The Labute approximate surface area is 97.7 Å². The Kier molecular flexibility index (Phi) is 4.68. The SMILES string of the molecule is CNC(CSC)c1c(C)cc(C)cc1C. The van der Waals surface area contributed by atoms with E-state index in [0.717, 1.165) is 5.75 Å². The van der Waals surface area contributed by atoms with Crippen molar-refractivity contribution >= 4 is 11.8 Å². The molecule has 0 radical (unpaired) electrons. The first-order valence-electron chi connectivity index (χ1n) is 5.34.